The van der Waals surface area contributed by atoms with E-state index in [1.54, 1.807) is 12.5 Å². The number of nitro groups is 1. The van der Waals surface area contributed by atoms with Crippen molar-refractivity contribution in [3.05, 3.63) is 46.2 Å². The summed E-state index contributed by atoms with van der Waals surface area (Å²) >= 11 is 0. The van der Waals surface area contributed by atoms with Gasteiger partial charge in [0.05, 0.1) is 16.8 Å². The first-order valence-corrected chi connectivity index (χ1v) is 5.46. The second-order valence-electron chi connectivity index (χ2n) is 3.71. The van der Waals surface area contributed by atoms with Crippen LogP contribution < -0.4 is 5.32 Å². The number of nitriles is 1. The van der Waals surface area contributed by atoms with Gasteiger partial charge < -0.3 is 10.3 Å². The lowest BCUT2D eigenvalue weighted by Gasteiger charge is -2.05. The number of rotatable bonds is 5. The van der Waals surface area contributed by atoms with Gasteiger partial charge in [-0.1, -0.05) is 0 Å². The summed E-state index contributed by atoms with van der Waals surface area (Å²) in [5.41, 5.74) is 0.873. The summed E-state index contributed by atoms with van der Waals surface area (Å²) in [4.78, 5) is 21.0. The van der Waals surface area contributed by atoms with Crippen LogP contribution in [-0.2, 0) is 6.42 Å². The highest BCUT2D eigenvalue weighted by atomic mass is 16.6. The van der Waals surface area contributed by atoms with Crippen LogP contribution in [0.15, 0.2) is 24.8 Å². The zero-order chi connectivity index (χ0) is 13.7. The molecule has 2 aromatic rings. The zero-order valence-electron chi connectivity index (χ0n) is 9.83. The number of hydrogen-bond donors (Lipinski definition) is 2. The van der Waals surface area contributed by atoms with Crippen LogP contribution in [0.1, 0.15) is 11.3 Å². The predicted octanol–water partition coefficient (Wildman–Crippen LogP) is 1.24. The Morgan fingerprint density at radius 3 is 3.00 bits per heavy atom. The number of aromatic amines is 1. The maximum absolute atomic E-state index is 10.9. The van der Waals surface area contributed by atoms with Crippen LogP contribution in [0, 0.1) is 21.4 Å². The van der Waals surface area contributed by atoms with E-state index in [1.807, 2.05) is 6.07 Å². The molecule has 0 atom stereocenters. The van der Waals surface area contributed by atoms with Crippen molar-refractivity contribution in [2.45, 2.75) is 6.42 Å². The summed E-state index contributed by atoms with van der Waals surface area (Å²) in [7, 11) is 0. The number of aromatic nitrogens is 3. The highest BCUT2D eigenvalue weighted by molar-refractivity contribution is 5.58. The molecular weight excluding hydrogens is 248 g/mol. The first-order chi connectivity index (χ1) is 9.20. The number of hydrogen-bond acceptors (Lipinski definition) is 6. The third-order valence-electron chi connectivity index (χ3n) is 2.44. The van der Waals surface area contributed by atoms with Crippen molar-refractivity contribution < 1.29 is 4.92 Å². The van der Waals surface area contributed by atoms with Crippen LogP contribution in [-0.4, -0.2) is 26.4 Å². The molecule has 0 fully saturated rings. The molecular formula is C11H10N6O2. The number of imidazole rings is 1. The Morgan fingerprint density at radius 1 is 1.53 bits per heavy atom. The number of pyridine rings is 1. The van der Waals surface area contributed by atoms with Gasteiger partial charge in [-0.15, -0.1) is 0 Å². The molecule has 0 unspecified atom stereocenters. The monoisotopic (exact) mass is 258 g/mol. The molecule has 0 spiro atoms. The average Bonchev–Trinajstić information content (AvgIpc) is 2.92. The molecule has 0 aromatic carbocycles. The molecule has 0 amide bonds. The van der Waals surface area contributed by atoms with E-state index in [1.165, 1.54) is 12.3 Å². The Labute approximate surface area is 108 Å². The first-order valence-electron chi connectivity index (χ1n) is 5.46. The second-order valence-corrected chi connectivity index (χ2v) is 3.71. The average molecular weight is 258 g/mol. The van der Waals surface area contributed by atoms with Crippen molar-refractivity contribution in [1.29, 1.82) is 5.26 Å². The van der Waals surface area contributed by atoms with Gasteiger partial charge in [0, 0.05) is 37.1 Å². The normalized spacial score (nSPS) is 9.84. The summed E-state index contributed by atoms with van der Waals surface area (Å²) in [6.45, 7) is 0.474. The molecule has 8 heteroatoms. The maximum atomic E-state index is 10.9. The highest BCUT2D eigenvalue weighted by Gasteiger charge is 2.15. The van der Waals surface area contributed by atoms with Crippen LogP contribution in [0.4, 0.5) is 11.5 Å². The van der Waals surface area contributed by atoms with Gasteiger partial charge in [0.25, 0.3) is 0 Å². The molecule has 0 saturated carbocycles. The van der Waals surface area contributed by atoms with E-state index in [0.29, 0.717) is 13.0 Å². The number of H-pyrrole nitrogens is 1. The minimum Gasteiger partial charge on any atom is -0.364 e. The Morgan fingerprint density at radius 2 is 2.37 bits per heavy atom. The van der Waals surface area contributed by atoms with Gasteiger partial charge in [-0.05, 0) is 0 Å². The molecule has 96 valence electrons. The van der Waals surface area contributed by atoms with Gasteiger partial charge in [0.2, 0.25) is 5.82 Å². The summed E-state index contributed by atoms with van der Waals surface area (Å²) < 4.78 is 0. The molecule has 0 saturated heterocycles. The van der Waals surface area contributed by atoms with Crippen molar-refractivity contribution in [3.8, 4) is 6.07 Å². The SMILES string of the molecule is N#Cc1cnc(NCCc2cnc[nH]2)c([N+](=O)[O-])c1. The largest absolute Gasteiger partial charge is 0.364 e. The molecule has 0 aliphatic rings. The van der Waals surface area contributed by atoms with Crippen molar-refractivity contribution in [1.82, 2.24) is 15.0 Å². The Kier molecular flexibility index (Phi) is 3.68. The number of nitrogens with zero attached hydrogens (tertiary/aromatic N) is 4. The lowest BCUT2D eigenvalue weighted by atomic mass is 10.2. The molecule has 8 nitrogen and oxygen atoms in total. The van der Waals surface area contributed by atoms with Crippen molar-refractivity contribution in [2.24, 2.45) is 0 Å². The van der Waals surface area contributed by atoms with Gasteiger partial charge >= 0.3 is 5.69 Å². The summed E-state index contributed by atoms with van der Waals surface area (Å²) in [6.07, 6.45) is 5.18. The van der Waals surface area contributed by atoms with Crippen LogP contribution in [0.2, 0.25) is 0 Å². The van der Waals surface area contributed by atoms with Crippen LogP contribution in [0.25, 0.3) is 0 Å². The molecule has 2 rings (SSSR count). The highest BCUT2D eigenvalue weighted by Crippen LogP contribution is 2.22. The zero-order valence-corrected chi connectivity index (χ0v) is 9.83. The molecule has 0 radical (unpaired) electrons. The molecule has 2 aromatic heterocycles. The van der Waals surface area contributed by atoms with E-state index in [-0.39, 0.29) is 17.1 Å². The van der Waals surface area contributed by atoms with Gasteiger partial charge in [0.1, 0.15) is 6.07 Å². The number of nitrogens with one attached hydrogen (secondary N) is 2. The van der Waals surface area contributed by atoms with Gasteiger partial charge in [-0.2, -0.15) is 5.26 Å². The van der Waals surface area contributed by atoms with Crippen LogP contribution in [0.3, 0.4) is 0 Å². The lowest BCUT2D eigenvalue weighted by molar-refractivity contribution is -0.384. The van der Waals surface area contributed by atoms with Gasteiger partial charge in [0.15, 0.2) is 0 Å². The molecule has 2 N–H and O–H groups in total. The Balaban J connectivity index is 2.07. The molecule has 0 aliphatic heterocycles. The smallest absolute Gasteiger partial charge is 0.312 e. The van der Waals surface area contributed by atoms with Gasteiger partial charge in [-0.3, -0.25) is 10.1 Å². The van der Waals surface area contributed by atoms with E-state index >= 15 is 0 Å². The fourth-order valence-corrected chi connectivity index (χ4v) is 1.53. The third kappa shape index (κ3) is 3.04. The molecule has 2 heterocycles. The molecule has 19 heavy (non-hydrogen) atoms. The first kappa shape index (κ1) is 12.5. The fraction of sp³-hybridized carbons (Fsp3) is 0.182. The van der Waals surface area contributed by atoms with Crippen LogP contribution in [0.5, 0.6) is 0 Å². The number of anilines is 1. The summed E-state index contributed by atoms with van der Waals surface area (Å²) in [6, 6.07) is 3.02. The van der Waals surface area contributed by atoms with E-state index in [4.69, 9.17) is 5.26 Å². The standard InChI is InChI=1S/C11H10N6O2/c12-4-8-3-10(17(18)19)11(15-5-8)14-2-1-9-6-13-7-16-9/h3,5-7H,1-2H2,(H,13,16)(H,14,15). The van der Waals surface area contributed by atoms with Crippen molar-refractivity contribution in [2.75, 3.05) is 11.9 Å². The maximum Gasteiger partial charge on any atom is 0.312 e. The van der Waals surface area contributed by atoms with Crippen molar-refractivity contribution in [3.63, 3.8) is 0 Å². The molecule has 0 bridgehead atoms. The predicted molar refractivity (Wildman–Crippen MR) is 66.4 cm³/mol. The van der Waals surface area contributed by atoms with E-state index in [0.717, 1.165) is 5.69 Å². The summed E-state index contributed by atoms with van der Waals surface area (Å²) in [5.74, 6) is 0.156. The van der Waals surface area contributed by atoms with E-state index < -0.39 is 4.92 Å². The second kappa shape index (κ2) is 5.59. The minimum atomic E-state index is -0.563. The quantitative estimate of drug-likeness (QED) is 0.614. The third-order valence-corrected chi connectivity index (χ3v) is 2.44. The van der Waals surface area contributed by atoms with Crippen molar-refractivity contribution >= 4 is 11.5 Å². The van der Waals surface area contributed by atoms with E-state index in [9.17, 15) is 10.1 Å². The fourth-order valence-electron chi connectivity index (χ4n) is 1.53. The topological polar surface area (TPSA) is 121 Å². The molecule has 0 aliphatic carbocycles. The lowest BCUT2D eigenvalue weighted by Crippen LogP contribution is -2.09. The van der Waals surface area contributed by atoms with Gasteiger partial charge in [-0.25, -0.2) is 9.97 Å². The van der Waals surface area contributed by atoms with Crippen LogP contribution >= 0.6 is 0 Å². The Hall–Kier alpha value is -2.95. The Bertz CT molecular complexity index is 617. The summed E-state index contributed by atoms with van der Waals surface area (Å²) in [5, 5.41) is 22.4. The minimum absolute atomic E-state index is 0.156. The van der Waals surface area contributed by atoms with E-state index in [2.05, 4.69) is 20.3 Å².